The molecule has 0 spiro atoms. The molecule has 1 saturated heterocycles. The SMILES string of the molecule is Cc1c(N)cc(S(=O)(=O)NC2CCC(=O)NC2)cc1F. The molecule has 110 valence electrons. The normalized spacial score (nSPS) is 19.7. The van der Waals surface area contributed by atoms with E-state index in [0.29, 0.717) is 6.42 Å². The van der Waals surface area contributed by atoms with Crippen molar-refractivity contribution in [1.29, 1.82) is 0 Å². The van der Waals surface area contributed by atoms with Gasteiger partial charge in [0, 0.05) is 30.3 Å². The molecule has 0 aliphatic carbocycles. The number of piperidine rings is 1. The Bertz CT molecular complexity index is 612. The van der Waals surface area contributed by atoms with Crippen molar-refractivity contribution in [2.45, 2.75) is 30.7 Å². The number of benzene rings is 1. The number of anilines is 1. The van der Waals surface area contributed by atoms with Crippen LogP contribution in [-0.4, -0.2) is 26.9 Å². The van der Waals surface area contributed by atoms with Crippen LogP contribution < -0.4 is 15.8 Å². The number of rotatable bonds is 3. The first-order valence-corrected chi connectivity index (χ1v) is 7.62. The van der Waals surface area contributed by atoms with E-state index in [1.165, 1.54) is 13.0 Å². The van der Waals surface area contributed by atoms with Crippen LogP contribution in [0.2, 0.25) is 0 Å². The molecule has 0 bridgehead atoms. The van der Waals surface area contributed by atoms with Gasteiger partial charge in [0.05, 0.1) is 4.90 Å². The summed E-state index contributed by atoms with van der Waals surface area (Å²) in [6, 6.07) is 1.76. The summed E-state index contributed by atoms with van der Waals surface area (Å²) in [5.74, 6) is -0.770. The van der Waals surface area contributed by atoms with Crippen LogP contribution in [0.1, 0.15) is 18.4 Å². The Morgan fingerprint density at radius 1 is 1.45 bits per heavy atom. The minimum Gasteiger partial charge on any atom is -0.398 e. The molecule has 6 nitrogen and oxygen atoms in total. The van der Waals surface area contributed by atoms with Gasteiger partial charge >= 0.3 is 0 Å². The molecular weight excluding hydrogens is 285 g/mol. The maximum absolute atomic E-state index is 13.6. The number of nitrogens with one attached hydrogen (secondary N) is 2. The number of sulfonamides is 1. The molecule has 4 N–H and O–H groups in total. The Labute approximate surface area is 116 Å². The van der Waals surface area contributed by atoms with Crippen LogP contribution in [0.25, 0.3) is 0 Å². The van der Waals surface area contributed by atoms with Crippen molar-refractivity contribution in [1.82, 2.24) is 10.0 Å². The number of hydrogen-bond donors (Lipinski definition) is 3. The maximum Gasteiger partial charge on any atom is 0.241 e. The molecule has 20 heavy (non-hydrogen) atoms. The third-order valence-corrected chi connectivity index (χ3v) is 4.76. The van der Waals surface area contributed by atoms with Crippen molar-refractivity contribution >= 4 is 21.6 Å². The Morgan fingerprint density at radius 2 is 2.15 bits per heavy atom. The Kier molecular flexibility index (Phi) is 3.96. The zero-order valence-electron chi connectivity index (χ0n) is 10.9. The minimum absolute atomic E-state index is 0.0855. The van der Waals surface area contributed by atoms with Crippen LogP contribution in [-0.2, 0) is 14.8 Å². The van der Waals surface area contributed by atoms with Crippen LogP contribution in [0.5, 0.6) is 0 Å². The van der Waals surface area contributed by atoms with Gasteiger partial charge in [-0.3, -0.25) is 4.79 Å². The van der Waals surface area contributed by atoms with Gasteiger partial charge in [0.1, 0.15) is 5.82 Å². The summed E-state index contributed by atoms with van der Waals surface area (Å²) >= 11 is 0. The topological polar surface area (TPSA) is 101 Å². The van der Waals surface area contributed by atoms with Crippen molar-refractivity contribution in [2.24, 2.45) is 0 Å². The molecule has 8 heteroatoms. The Balaban J connectivity index is 2.20. The lowest BCUT2D eigenvalue weighted by molar-refractivity contribution is -0.122. The fourth-order valence-corrected chi connectivity index (χ4v) is 3.27. The number of amides is 1. The molecule has 1 aromatic carbocycles. The van der Waals surface area contributed by atoms with Gasteiger partial charge in [-0.2, -0.15) is 0 Å². The predicted octanol–water partition coefficient (Wildman–Crippen LogP) is 0.273. The van der Waals surface area contributed by atoms with Crippen molar-refractivity contribution in [3.63, 3.8) is 0 Å². The molecule has 0 aromatic heterocycles. The fourth-order valence-electron chi connectivity index (χ4n) is 1.95. The molecule has 1 unspecified atom stereocenters. The van der Waals surface area contributed by atoms with Crippen LogP contribution >= 0.6 is 0 Å². The predicted molar refractivity (Wildman–Crippen MR) is 71.9 cm³/mol. The lowest BCUT2D eigenvalue weighted by Crippen LogP contribution is -2.47. The van der Waals surface area contributed by atoms with Crippen molar-refractivity contribution in [2.75, 3.05) is 12.3 Å². The van der Waals surface area contributed by atoms with E-state index in [9.17, 15) is 17.6 Å². The Morgan fingerprint density at radius 3 is 2.70 bits per heavy atom. The molecule has 1 aromatic rings. The summed E-state index contributed by atoms with van der Waals surface area (Å²) in [7, 11) is -3.86. The molecule has 1 amide bonds. The second-order valence-electron chi connectivity index (χ2n) is 4.78. The lowest BCUT2D eigenvalue weighted by Gasteiger charge is -2.23. The largest absolute Gasteiger partial charge is 0.398 e. The number of nitrogens with two attached hydrogens (primary N) is 1. The van der Waals surface area contributed by atoms with Crippen LogP contribution in [0.3, 0.4) is 0 Å². The molecule has 0 saturated carbocycles. The average Bonchev–Trinajstić information content (AvgIpc) is 2.38. The number of carbonyl (C=O) groups excluding carboxylic acids is 1. The highest BCUT2D eigenvalue weighted by atomic mass is 32.2. The second kappa shape index (κ2) is 5.37. The summed E-state index contributed by atoms with van der Waals surface area (Å²) in [6.07, 6.45) is 0.673. The minimum atomic E-state index is -3.86. The first-order valence-electron chi connectivity index (χ1n) is 6.14. The fraction of sp³-hybridized carbons (Fsp3) is 0.417. The first-order chi connectivity index (χ1) is 9.29. The van der Waals surface area contributed by atoms with E-state index >= 15 is 0 Å². The van der Waals surface area contributed by atoms with Crippen molar-refractivity contribution < 1.29 is 17.6 Å². The molecule has 1 fully saturated rings. The van der Waals surface area contributed by atoms with E-state index in [-0.39, 0.29) is 35.0 Å². The maximum atomic E-state index is 13.6. The van der Waals surface area contributed by atoms with Gasteiger partial charge in [0.25, 0.3) is 0 Å². The molecule has 1 heterocycles. The van der Waals surface area contributed by atoms with Gasteiger partial charge in [-0.05, 0) is 25.5 Å². The highest BCUT2D eigenvalue weighted by Gasteiger charge is 2.25. The summed E-state index contributed by atoms with van der Waals surface area (Å²) in [5, 5.41) is 2.57. The zero-order valence-corrected chi connectivity index (χ0v) is 11.8. The summed E-state index contributed by atoms with van der Waals surface area (Å²) < 4.78 is 40.3. The van der Waals surface area contributed by atoms with Crippen molar-refractivity contribution in [3.8, 4) is 0 Å². The monoisotopic (exact) mass is 301 g/mol. The highest BCUT2D eigenvalue weighted by Crippen LogP contribution is 2.21. The highest BCUT2D eigenvalue weighted by molar-refractivity contribution is 7.89. The standard InChI is InChI=1S/C12H16FN3O3S/c1-7-10(13)4-9(5-11(7)14)20(18,19)16-8-2-3-12(17)15-6-8/h4-5,8,16H,2-3,6,14H2,1H3,(H,15,17). The first kappa shape index (κ1) is 14.7. The molecule has 2 rings (SSSR count). The second-order valence-corrected chi connectivity index (χ2v) is 6.49. The van der Waals surface area contributed by atoms with Gasteiger partial charge in [-0.1, -0.05) is 0 Å². The average molecular weight is 301 g/mol. The van der Waals surface area contributed by atoms with Gasteiger partial charge in [-0.15, -0.1) is 0 Å². The zero-order chi connectivity index (χ0) is 14.9. The number of halogens is 1. The smallest absolute Gasteiger partial charge is 0.241 e. The van der Waals surface area contributed by atoms with Crippen LogP contribution in [0, 0.1) is 12.7 Å². The van der Waals surface area contributed by atoms with Gasteiger partial charge in [0.2, 0.25) is 15.9 Å². The molecule has 1 aliphatic heterocycles. The van der Waals surface area contributed by atoms with Gasteiger partial charge in [-0.25, -0.2) is 17.5 Å². The summed E-state index contributed by atoms with van der Waals surface area (Å²) in [6.45, 7) is 1.70. The van der Waals surface area contributed by atoms with Crippen LogP contribution in [0.15, 0.2) is 17.0 Å². The number of nitrogen functional groups attached to an aromatic ring is 1. The Hall–Kier alpha value is -1.67. The van der Waals surface area contributed by atoms with E-state index in [4.69, 9.17) is 5.73 Å². The van der Waals surface area contributed by atoms with E-state index in [0.717, 1.165) is 6.07 Å². The quantitative estimate of drug-likeness (QED) is 0.698. The van der Waals surface area contributed by atoms with Crippen LogP contribution in [0.4, 0.5) is 10.1 Å². The van der Waals surface area contributed by atoms with Crippen molar-refractivity contribution in [3.05, 3.63) is 23.5 Å². The molecular formula is C12H16FN3O3S. The summed E-state index contributed by atoms with van der Waals surface area (Å²) in [4.78, 5) is 10.8. The van der Waals surface area contributed by atoms with Gasteiger partial charge < -0.3 is 11.1 Å². The third-order valence-electron chi connectivity index (χ3n) is 3.26. The van der Waals surface area contributed by atoms with Gasteiger partial charge in [0.15, 0.2) is 0 Å². The molecule has 1 atom stereocenters. The lowest BCUT2D eigenvalue weighted by atomic mass is 10.1. The molecule has 0 radical (unpaired) electrons. The van der Waals surface area contributed by atoms with E-state index < -0.39 is 21.9 Å². The van der Waals surface area contributed by atoms with E-state index in [1.807, 2.05) is 0 Å². The van der Waals surface area contributed by atoms with E-state index in [2.05, 4.69) is 10.0 Å². The number of hydrogen-bond acceptors (Lipinski definition) is 4. The summed E-state index contributed by atoms with van der Waals surface area (Å²) in [5.41, 5.74) is 5.88. The van der Waals surface area contributed by atoms with E-state index in [1.54, 1.807) is 0 Å². The number of carbonyl (C=O) groups is 1. The molecule has 1 aliphatic rings. The third kappa shape index (κ3) is 3.07.